The number of methoxy groups -OCH3 is 1. The fourth-order valence-electron chi connectivity index (χ4n) is 4.53. The summed E-state index contributed by atoms with van der Waals surface area (Å²) in [4.78, 5) is 32.7. The van der Waals surface area contributed by atoms with E-state index in [-0.39, 0.29) is 18.8 Å². The van der Waals surface area contributed by atoms with Gasteiger partial charge in [0.05, 0.1) is 45.6 Å². The van der Waals surface area contributed by atoms with E-state index in [0.717, 1.165) is 10.4 Å². The van der Waals surface area contributed by atoms with E-state index in [1.165, 1.54) is 29.8 Å². The number of thiazole rings is 1. The van der Waals surface area contributed by atoms with Crippen LogP contribution in [-0.4, -0.2) is 24.3 Å². The van der Waals surface area contributed by atoms with Crippen molar-refractivity contribution in [3.05, 3.63) is 111 Å². The number of aromatic nitrogens is 1. The second kappa shape index (κ2) is 12.3. The van der Waals surface area contributed by atoms with Crippen LogP contribution < -0.4 is 24.4 Å². The Morgan fingerprint density at radius 2 is 2.05 bits per heavy atom. The maximum Gasteiger partial charge on any atom is 0.338 e. The third kappa shape index (κ3) is 5.63. The monoisotopic (exact) mass is 649 g/mol. The second-order valence-corrected chi connectivity index (χ2v) is 11.8. The van der Waals surface area contributed by atoms with Gasteiger partial charge in [-0.25, -0.2) is 9.79 Å². The smallest absolute Gasteiger partial charge is 0.338 e. The van der Waals surface area contributed by atoms with E-state index in [4.69, 9.17) is 14.2 Å². The lowest BCUT2D eigenvalue weighted by atomic mass is 10.0. The predicted octanol–water partition coefficient (Wildman–Crippen LogP) is 5.08. The first kappa shape index (κ1) is 28.5. The molecule has 3 heterocycles. The molecule has 1 aliphatic rings. The summed E-state index contributed by atoms with van der Waals surface area (Å²) in [6.45, 7) is 3.91. The SMILES string of the molecule is CCOC(=O)C1=C(C)N=c2s/c(=C\c3cc(Br)c(OCc4ccccc4C#N)c(OC)c3)c(=O)n2[C@H]1c1cccs1. The average Bonchev–Trinajstić information content (AvgIpc) is 3.60. The van der Waals surface area contributed by atoms with Crippen LogP contribution in [0, 0.1) is 11.3 Å². The molecule has 1 aliphatic heterocycles. The molecule has 0 bridgehead atoms. The number of hydrogen-bond donors (Lipinski definition) is 0. The Bertz CT molecular complexity index is 1880. The molecule has 0 saturated carbocycles. The number of ether oxygens (including phenoxy) is 3. The van der Waals surface area contributed by atoms with Crippen molar-refractivity contribution in [2.75, 3.05) is 13.7 Å². The van der Waals surface area contributed by atoms with Crippen LogP contribution in [0.4, 0.5) is 0 Å². The van der Waals surface area contributed by atoms with E-state index in [1.807, 2.05) is 35.7 Å². The Morgan fingerprint density at radius 3 is 2.76 bits per heavy atom. The van der Waals surface area contributed by atoms with E-state index in [2.05, 4.69) is 27.0 Å². The number of fused-ring (bicyclic) bond motifs is 1. The molecule has 2 aromatic carbocycles. The minimum Gasteiger partial charge on any atom is -0.493 e. The third-order valence-corrected chi connectivity index (χ3v) is 8.89. The number of nitriles is 1. The average molecular weight is 651 g/mol. The van der Waals surface area contributed by atoms with Crippen LogP contribution in [-0.2, 0) is 16.1 Å². The number of carbonyl (C=O) groups is 1. The van der Waals surface area contributed by atoms with Gasteiger partial charge >= 0.3 is 5.97 Å². The zero-order chi connectivity index (χ0) is 29.1. The van der Waals surface area contributed by atoms with Gasteiger partial charge in [0.15, 0.2) is 16.3 Å². The Balaban J connectivity index is 1.55. The molecule has 0 spiro atoms. The molecule has 1 atom stereocenters. The molecular formula is C30H24BrN3O5S2. The highest BCUT2D eigenvalue weighted by atomic mass is 79.9. The van der Waals surface area contributed by atoms with E-state index in [9.17, 15) is 14.9 Å². The number of rotatable bonds is 8. The van der Waals surface area contributed by atoms with Gasteiger partial charge in [-0.15, -0.1) is 11.3 Å². The zero-order valence-electron chi connectivity index (χ0n) is 22.3. The molecule has 0 fully saturated rings. The molecule has 0 aliphatic carbocycles. The van der Waals surface area contributed by atoms with Crippen molar-refractivity contribution in [2.45, 2.75) is 26.5 Å². The molecule has 0 radical (unpaired) electrons. The minimum absolute atomic E-state index is 0.182. The van der Waals surface area contributed by atoms with Gasteiger partial charge in [-0.2, -0.15) is 5.26 Å². The van der Waals surface area contributed by atoms with Crippen molar-refractivity contribution in [1.82, 2.24) is 4.57 Å². The Hall–Kier alpha value is -3.98. The first-order valence-electron chi connectivity index (χ1n) is 12.6. The highest BCUT2D eigenvalue weighted by molar-refractivity contribution is 9.10. The van der Waals surface area contributed by atoms with Gasteiger partial charge in [-0.3, -0.25) is 9.36 Å². The highest BCUT2D eigenvalue weighted by Crippen LogP contribution is 2.38. The standard InChI is InChI=1S/C30H24BrN3O5S2/c1-4-38-29(36)25-17(2)33-30-34(26(25)23-10-7-11-40-23)28(35)24(41-30)14-18-12-21(31)27(22(13-18)37-3)39-16-20-9-6-5-8-19(20)15-32/h5-14,26H,4,16H2,1-3H3/b24-14-/t26-/m0/s1. The quantitative estimate of drug-likeness (QED) is 0.247. The summed E-state index contributed by atoms with van der Waals surface area (Å²) in [7, 11) is 1.54. The molecule has 208 valence electrons. The molecule has 5 rings (SSSR count). The number of carbonyl (C=O) groups excluding carboxylic acids is 1. The molecule has 0 amide bonds. The Labute approximate surface area is 252 Å². The Kier molecular flexibility index (Phi) is 8.54. The van der Waals surface area contributed by atoms with E-state index in [0.29, 0.717) is 47.7 Å². The summed E-state index contributed by atoms with van der Waals surface area (Å²) in [6, 6.07) is 16.2. The summed E-state index contributed by atoms with van der Waals surface area (Å²) in [5.74, 6) is 0.457. The second-order valence-electron chi connectivity index (χ2n) is 8.91. The molecule has 41 heavy (non-hydrogen) atoms. The number of allylic oxidation sites excluding steroid dienone is 1. The fourth-order valence-corrected chi connectivity index (χ4v) is 6.97. The van der Waals surface area contributed by atoms with Crippen molar-refractivity contribution in [2.24, 2.45) is 4.99 Å². The van der Waals surface area contributed by atoms with Crippen LogP contribution in [0.3, 0.4) is 0 Å². The largest absolute Gasteiger partial charge is 0.493 e. The first-order chi connectivity index (χ1) is 19.9. The molecule has 4 aromatic rings. The molecular weight excluding hydrogens is 626 g/mol. The lowest BCUT2D eigenvalue weighted by Gasteiger charge is -2.23. The van der Waals surface area contributed by atoms with Gasteiger partial charge in [0, 0.05) is 10.4 Å². The van der Waals surface area contributed by atoms with E-state index >= 15 is 0 Å². The zero-order valence-corrected chi connectivity index (χ0v) is 25.6. The van der Waals surface area contributed by atoms with Gasteiger partial charge in [0.1, 0.15) is 12.6 Å². The van der Waals surface area contributed by atoms with Gasteiger partial charge in [0.2, 0.25) is 0 Å². The summed E-state index contributed by atoms with van der Waals surface area (Å²) in [5, 5.41) is 11.3. The molecule has 8 nitrogen and oxygen atoms in total. The molecule has 0 saturated heterocycles. The third-order valence-electron chi connectivity index (χ3n) is 6.39. The summed E-state index contributed by atoms with van der Waals surface area (Å²) in [6.07, 6.45) is 1.76. The van der Waals surface area contributed by atoms with Crippen LogP contribution in [0.25, 0.3) is 6.08 Å². The van der Waals surface area contributed by atoms with Gasteiger partial charge in [0.25, 0.3) is 5.56 Å². The number of nitrogens with zero attached hydrogens (tertiary/aromatic N) is 3. The summed E-state index contributed by atoms with van der Waals surface area (Å²) >= 11 is 6.29. The normalized spacial score (nSPS) is 14.7. The van der Waals surface area contributed by atoms with Gasteiger partial charge in [-0.1, -0.05) is 35.6 Å². The maximum atomic E-state index is 13.8. The lowest BCUT2D eigenvalue weighted by Crippen LogP contribution is -2.39. The van der Waals surface area contributed by atoms with Gasteiger partial charge in [-0.05, 0) is 71.1 Å². The number of esters is 1. The first-order valence-corrected chi connectivity index (χ1v) is 15.1. The highest BCUT2D eigenvalue weighted by Gasteiger charge is 2.33. The minimum atomic E-state index is -0.624. The van der Waals surface area contributed by atoms with Crippen molar-refractivity contribution in [1.29, 1.82) is 5.26 Å². The lowest BCUT2D eigenvalue weighted by molar-refractivity contribution is -0.139. The fraction of sp³-hybridized carbons (Fsp3) is 0.200. The summed E-state index contributed by atoms with van der Waals surface area (Å²) < 4.78 is 19.6. The van der Waals surface area contributed by atoms with Crippen LogP contribution >= 0.6 is 38.6 Å². The number of benzene rings is 2. The topological polar surface area (TPSA) is 103 Å². The maximum absolute atomic E-state index is 13.8. The molecule has 11 heteroatoms. The van der Waals surface area contributed by atoms with Crippen LogP contribution in [0.1, 0.15) is 41.5 Å². The number of halogens is 1. The van der Waals surface area contributed by atoms with Crippen LogP contribution in [0.2, 0.25) is 0 Å². The van der Waals surface area contributed by atoms with Crippen LogP contribution in [0.15, 0.2) is 79.4 Å². The van der Waals surface area contributed by atoms with Crippen LogP contribution in [0.5, 0.6) is 11.5 Å². The van der Waals surface area contributed by atoms with Gasteiger partial charge < -0.3 is 14.2 Å². The molecule has 2 aromatic heterocycles. The van der Waals surface area contributed by atoms with Crippen molar-refractivity contribution < 1.29 is 19.0 Å². The number of thiophene rings is 1. The van der Waals surface area contributed by atoms with E-state index < -0.39 is 12.0 Å². The molecule has 0 unspecified atom stereocenters. The van der Waals surface area contributed by atoms with Crippen molar-refractivity contribution in [3.8, 4) is 17.6 Å². The van der Waals surface area contributed by atoms with Crippen molar-refractivity contribution in [3.63, 3.8) is 0 Å². The summed E-state index contributed by atoms with van der Waals surface area (Å²) in [5.41, 5.74) is 2.63. The molecule has 0 N–H and O–H groups in total. The predicted molar refractivity (Wildman–Crippen MR) is 161 cm³/mol. The van der Waals surface area contributed by atoms with Crippen molar-refractivity contribution >= 4 is 50.6 Å². The number of hydrogen-bond acceptors (Lipinski definition) is 9. The van der Waals surface area contributed by atoms with E-state index in [1.54, 1.807) is 42.7 Å². The Morgan fingerprint density at radius 1 is 1.24 bits per heavy atom.